The third-order valence-corrected chi connectivity index (χ3v) is 4.36. The summed E-state index contributed by atoms with van der Waals surface area (Å²) in [5.41, 5.74) is 2.36. The summed E-state index contributed by atoms with van der Waals surface area (Å²) in [6.07, 6.45) is 0.147. The first kappa shape index (κ1) is 17.1. The van der Waals surface area contributed by atoms with Gasteiger partial charge in [-0.05, 0) is 69.3 Å². The van der Waals surface area contributed by atoms with Crippen LogP contribution in [0.25, 0.3) is 0 Å². The first-order valence-electron chi connectivity index (χ1n) is 7.52. The Morgan fingerprint density at radius 2 is 1.39 bits per heavy atom. The molecule has 0 aliphatic rings. The molecule has 2 N–H and O–H groups in total. The van der Waals surface area contributed by atoms with Crippen molar-refractivity contribution in [3.8, 4) is 5.75 Å². The molecule has 0 aliphatic carbocycles. The highest BCUT2D eigenvalue weighted by Crippen LogP contribution is 2.22. The van der Waals surface area contributed by atoms with Crippen LogP contribution in [-0.4, -0.2) is 20.3 Å². The van der Waals surface area contributed by atoms with Gasteiger partial charge in [0.1, 0.15) is 5.75 Å². The van der Waals surface area contributed by atoms with Crippen molar-refractivity contribution in [2.24, 2.45) is 0 Å². The Hall–Kier alpha value is -2.21. The molecule has 2 rings (SSSR count). The Morgan fingerprint density at radius 1 is 0.913 bits per heavy atom. The summed E-state index contributed by atoms with van der Waals surface area (Å²) < 4.78 is 31.1. The number of hydrogen-bond acceptors (Lipinski definition) is 4. The van der Waals surface area contributed by atoms with E-state index in [1.54, 1.807) is 19.1 Å². The molecule has 6 heteroatoms. The largest absolute Gasteiger partial charge is 0.491 e. The number of rotatable bonds is 7. The number of ether oxygens (including phenoxy) is 1. The fraction of sp³-hybridized carbons (Fsp3) is 0.294. The lowest BCUT2D eigenvalue weighted by Gasteiger charge is -2.12. The number of nitrogens with one attached hydrogen (secondary N) is 2. The van der Waals surface area contributed by atoms with E-state index in [-0.39, 0.29) is 11.9 Å². The third-order valence-electron chi connectivity index (χ3n) is 3.05. The van der Waals surface area contributed by atoms with Crippen molar-refractivity contribution in [3.63, 3.8) is 0 Å². The molecule has 0 atom stereocenters. The summed E-state index contributed by atoms with van der Waals surface area (Å²) in [6, 6.07) is 14.8. The third kappa shape index (κ3) is 5.49. The van der Waals surface area contributed by atoms with Gasteiger partial charge in [0.25, 0.3) is 0 Å². The molecular weight excluding hydrogens is 312 g/mol. The molecule has 0 saturated carbocycles. The zero-order valence-corrected chi connectivity index (χ0v) is 14.4. The monoisotopic (exact) mass is 334 g/mol. The van der Waals surface area contributed by atoms with Crippen LogP contribution in [0.5, 0.6) is 5.75 Å². The summed E-state index contributed by atoms with van der Waals surface area (Å²) in [5, 5.41) is 3.26. The zero-order valence-electron chi connectivity index (χ0n) is 13.5. The van der Waals surface area contributed by atoms with E-state index in [1.807, 2.05) is 50.2 Å². The zero-order chi connectivity index (χ0) is 16.9. The average molecular weight is 334 g/mol. The van der Waals surface area contributed by atoms with Crippen LogP contribution in [-0.2, 0) is 10.0 Å². The molecule has 0 unspecified atom stereocenters. The van der Waals surface area contributed by atoms with Crippen LogP contribution in [0, 0.1) is 0 Å². The molecule has 0 spiro atoms. The Balaban J connectivity index is 2.00. The van der Waals surface area contributed by atoms with Gasteiger partial charge in [-0.2, -0.15) is 0 Å². The Bertz CT molecular complexity index is 723. The lowest BCUT2D eigenvalue weighted by atomic mass is 10.2. The predicted octanol–water partition coefficient (Wildman–Crippen LogP) is 3.98. The van der Waals surface area contributed by atoms with E-state index >= 15 is 0 Å². The molecule has 0 bridgehead atoms. The molecule has 0 saturated heterocycles. The topological polar surface area (TPSA) is 67.4 Å². The fourth-order valence-electron chi connectivity index (χ4n) is 1.93. The highest BCUT2D eigenvalue weighted by Gasteiger charge is 2.06. The van der Waals surface area contributed by atoms with Crippen molar-refractivity contribution in [2.45, 2.75) is 26.9 Å². The van der Waals surface area contributed by atoms with Crippen molar-refractivity contribution in [1.82, 2.24) is 0 Å². The maximum atomic E-state index is 11.5. The van der Waals surface area contributed by atoms with E-state index in [4.69, 9.17) is 4.74 Å². The first-order valence-corrected chi connectivity index (χ1v) is 9.17. The standard InChI is InChI=1S/C17H22N2O3S/c1-4-23(20,21)19-16-7-5-14(6-8-16)18-15-9-11-17(12-10-15)22-13(2)3/h5-13,18-19H,4H2,1-3H3. The van der Waals surface area contributed by atoms with Crippen molar-refractivity contribution >= 4 is 27.1 Å². The van der Waals surface area contributed by atoms with Gasteiger partial charge in [-0.1, -0.05) is 0 Å². The number of anilines is 3. The molecule has 0 aromatic heterocycles. The maximum Gasteiger partial charge on any atom is 0.232 e. The van der Waals surface area contributed by atoms with E-state index in [9.17, 15) is 8.42 Å². The minimum atomic E-state index is -3.24. The van der Waals surface area contributed by atoms with Gasteiger partial charge in [0.05, 0.1) is 11.9 Å². The number of benzene rings is 2. The van der Waals surface area contributed by atoms with Crippen molar-refractivity contribution in [2.75, 3.05) is 15.8 Å². The summed E-state index contributed by atoms with van der Waals surface area (Å²) in [7, 11) is -3.24. The van der Waals surface area contributed by atoms with Crippen LogP contribution in [0.4, 0.5) is 17.1 Å². The van der Waals surface area contributed by atoms with Crippen LogP contribution >= 0.6 is 0 Å². The summed E-state index contributed by atoms with van der Waals surface area (Å²) in [5.74, 6) is 0.882. The normalized spacial score (nSPS) is 11.3. The second kappa shape index (κ2) is 7.37. The van der Waals surface area contributed by atoms with Gasteiger partial charge in [0.15, 0.2) is 0 Å². The average Bonchev–Trinajstić information content (AvgIpc) is 2.50. The second-order valence-corrected chi connectivity index (χ2v) is 7.41. The van der Waals surface area contributed by atoms with Gasteiger partial charge < -0.3 is 10.1 Å². The predicted molar refractivity (Wildman–Crippen MR) is 95.0 cm³/mol. The molecule has 0 fully saturated rings. The van der Waals surface area contributed by atoms with Gasteiger partial charge in [0, 0.05) is 17.1 Å². The summed E-state index contributed by atoms with van der Waals surface area (Å²) >= 11 is 0. The second-order valence-electron chi connectivity index (χ2n) is 5.40. The number of hydrogen-bond donors (Lipinski definition) is 2. The van der Waals surface area contributed by atoms with E-state index < -0.39 is 10.0 Å². The van der Waals surface area contributed by atoms with Crippen LogP contribution in [0.15, 0.2) is 48.5 Å². The molecule has 2 aromatic rings. The Morgan fingerprint density at radius 3 is 1.87 bits per heavy atom. The molecule has 0 heterocycles. The van der Waals surface area contributed by atoms with Gasteiger partial charge in [0.2, 0.25) is 10.0 Å². The van der Waals surface area contributed by atoms with Gasteiger partial charge in [-0.3, -0.25) is 4.72 Å². The highest BCUT2D eigenvalue weighted by molar-refractivity contribution is 7.92. The molecule has 124 valence electrons. The SMILES string of the molecule is CCS(=O)(=O)Nc1ccc(Nc2ccc(OC(C)C)cc2)cc1. The molecule has 2 aromatic carbocycles. The van der Waals surface area contributed by atoms with E-state index in [1.165, 1.54) is 0 Å². The van der Waals surface area contributed by atoms with E-state index in [0.717, 1.165) is 17.1 Å². The van der Waals surface area contributed by atoms with E-state index in [0.29, 0.717) is 5.69 Å². The van der Waals surface area contributed by atoms with Crippen LogP contribution in [0.1, 0.15) is 20.8 Å². The summed E-state index contributed by atoms with van der Waals surface area (Å²) in [4.78, 5) is 0. The highest BCUT2D eigenvalue weighted by atomic mass is 32.2. The minimum Gasteiger partial charge on any atom is -0.491 e. The van der Waals surface area contributed by atoms with Crippen molar-refractivity contribution < 1.29 is 13.2 Å². The van der Waals surface area contributed by atoms with Gasteiger partial charge >= 0.3 is 0 Å². The van der Waals surface area contributed by atoms with Crippen molar-refractivity contribution in [1.29, 1.82) is 0 Å². The Kier molecular flexibility index (Phi) is 5.50. The van der Waals surface area contributed by atoms with Crippen LogP contribution in [0.2, 0.25) is 0 Å². The van der Waals surface area contributed by atoms with Gasteiger partial charge in [-0.25, -0.2) is 8.42 Å². The molecule has 0 aliphatic heterocycles. The first-order chi connectivity index (χ1) is 10.9. The van der Waals surface area contributed by atoms with Crippen molar-refractivity contribution in [3.05, 3.63) is 48.5 Å². The number of sulfonamides is 1. The quantitative estimate of drug-likeness (QED) is 0.804. The molecule has 0 radical (unpaired) electrons. The molecule has 23 heavy (non-hydrogen) atoms. The minimum absolute atomic E-state index is 0.0534. The molecule has 5 nitrogen and oxygen atoms in total. The van der Waals surface area contributed by atoms with Crippen LogP contribution < -0.4 is 14.8 Å². The smallest absolute Gasteiger partial charge is 0.232 e. The van der Waals surface area contributed by atoms with Gasteiger partial charge in [-0.15, -0.1) is 0 Å². The molecule has 0 amide bonds. The van der Waals surface area contributed by atoms with E-state index in [2.05, 4.69) is 10.0 Å². The van der Waals surface area contributed by atoms with Crippen LogP contribution in [0.3, 0.4) is 0 Å². The fourth-order valence-corrected chi connectivity index (χ4v) is 2.57. The lowest BCUT2D eigenvalue weighted by Crippen LogP contribution is -2.14. The summed E-state index contributed by atoms with van der Waals surface area (Å²) in [6.45, 7) is 5.58. The Labute approximate surface area is 137 Å². The lowest BCUT2D eigenvalue weighted by molar-refractivity contribution is 0.242. The molecular formula is C17H22N2O3S. The maximum absolute atomic E-state index is 11.5.